The van der Waals surface area contributed by atoms with Crippen molar-refractivity contribution in [2.75, 3.05) is 4.90 Å². The Hall–Kier alpha value is -5.38. The van der Waals surface area contributed by atoms with E-state index in [9.17, 15) is 0 Å². The maximum Gasteiger partial charge on any atom is 0.135 e. The van der Waals surface area contributed by atoms with Crippen LogP contribution in [0, 0.1) is 0 Å². The molecule has 8 aromatic rings. The molecule has 0 atom stereocenters. The fourth-order valence-electron chi connectivity index (χ4n) is 7.39. The van der Waals surface area contributed by atoms with E-state index >= 15 is 0 Å². The van der Waals surface area contributed by atoms with Crippen molar-refractivity contribution >= 4 is 68.2 Å². The molecule has 0 radical (unpaired) electrons. The smallest absolute Gasteiger partial charge is 0.135 e. The number of benzene rings is 7. The van der Waals surface area contributed by atoms with E-state index in [2.05, 4.69) is 170 Å². The second kappa shape index (κ2) is 9.81. The summed E-state index contributed by atoms with van der Waals surface area (Å²) in [6, 6.07) is 55.0. The summed E-state index contributed by atoms with van der Waals surface area (Å²) < 4.78 is 6.57. The van der Waals surface area contributed by atoms with E-state index in [1.807, 2.05) is 0 Å². The van der Waals surface area contributed by atoms with E-state index in [1.54, 1.807) is 0 Å². The van der Waals surface area contributed by atoms with Gasteiger partial charge in [0.05, 0.1) is 0 Å². The largest absolute Gasteiger partial charge is 0.456 e. The van der Waals surface area contributed by atoms with Gasteiger partial charge in [0.1, 0.15) is 19.2 Å². The Labute approximate surface area is 263 Å². The lowest BCUT2D eigenvalue weighted by atomic mass is 10.0. The lowest BCUT2D eigenvalue weighted by Gasteiger charge is -2.27. The zero-order valence-electron chi connectivity index (χ0n) is 25.3. The molecule has 0 spiro atoms. The molecule has 0 saturated heterocycles. The van der Waals surface area contributed by atoms with Crippen molar-refractivity contribution in [3.05, 3.63) is 152 Å². The molecule has 214 valence electrons. The van der Waals surface area contributed by atoms with Crippen LogP contribution in [0.15, 0.2) is 156 Å². The summed E-state index contributed by atoms with van der Waals surface area (Å²) >= 11 is 0. The SMILES string of the molecule is C[Si]1(C)c2cc(N(c3ccccc3)c3ccc(-c4ccc5ccccc5c4)cc3)ccc2-c2ccc3c(oc4ccccc43)c21. The van der Waals surface area contributed by atoms with Crippen LogP contribution in [-0.2, 0) is 0 Å². The molecular formula is C42H31NOSi. The molecule has 0 saturated carbocycles. The predicted octanol–water partition coefficient (Wildman–Crippen LogP) is 10.7. The minimum Gasteiger partial charge on any atom is -0.456 e. The van der Waals surface area contributed by atoms with Gasteiger partial charge in [-0.15, -0.1) is 0 Å². The number of fused-ring (bicyclic) bond motifs is 8. The monoisotopic (exact) mass is 593 g/mol. The van der Waals surface area contributed by atoms with Crippen LogP contribution >= 0.6 is 0 Å². The second-order valence-electron chi connectivity index (χ2n) is 12.6. The third kappa shape index (κ3) is 4.01. The summed E-state index contributed by atoms with van der Waals surface area (Å²) in [6.07, 6.45) is 0. The zero-order valence-corrected chi connectivity index (χ0v) is 26.3. The molecule has 1 aliphatic heterocycles. The van der Waals surface area contributed by atoms with Crippen LogP contribution in [0.25, 0.3) is 55.0 Å². The maximum absolute atomic E-state index is 6.57. The normalized spacial score (nSPS) is 13.3. The second-order valence-corrected chi connectivity index (χ2v) is 16.9. The Morgan fingerprint density at radius 3 is 2.00 bits per heavy atom. The molecule has 45 heavy (non-hydrogen) atoms. The van der Waals surface area contributed by atoms with E-state index in [4.69, 9.17) is 4.42 Å². The average molecular weight is 594 g/mol. The zero-order chi connectivity index (χ0) is 30.1. The van der Waals surface area contributed by atoms with Crippen molar-refractivity contribution in [3.8, 4) is 22.3 Å². The van der Waals surface area contributed by atoms with Crippen LogP contribution in [0.2, 0.25) is 13.1 Å². The molecule has 2 heterocycles. The number of hydrogen-bond acceptors (Lipinski definition) is 2. The summed E-state index contributed by atoms with van der Waals surface area (Å²) in [7, 11) is -2.08. The summed E-state index contributed by atoms with van der Waals surface area (Å²) in [5, 5.41) is 7.80. The number of para-hydroxylation sites is 2. The van der Waals surface area contributed by atoms with Crippen LogP contribution in [-0.4, -0.2) is 8.07 Å². The Bertz CT molecular complexity index is 2400. The lowest BCUT2D eigenvalue weighted by molar-refractivity contribution is 0.671. The van der Waals surface area contributed by atoms with Crippen LogP contribution in [0.5, 0.6) is 0 Å². The van der Waals surface area contributed by atoms with Gasteiger partial charge in [-0.2, -0.15) is 0 Å². The van der Waals surface area contributed by atoms with Crippen LogP contribution in [0.1, 0.15) is 0 Å². The van der Waals surface area contributed by atoms with Gasteiger partial charge in [-0.3, -0.25) is 0 Å². The van der Waals surface area contributed by atoms with E-state index in [0.717, 1.165) is 22.5 Å². The molecule has 0 amide bonds. The van der Waals surface area contributed by atoms with Gasteiger partial charge in [0.2, 0.25) is 0 Å². The third-order valence-corrected chi connectivity index (χ3v) is 13.1. The van der Waals surface area contributed by atoms with E-state index in [0.29, 0.717) is 0 Å². The van der Waals surface area contributed by atoms with Crippen molar-refractivity contribution < 1.29 is 4.42 Å². The molecule has 1 aromatic heterocycles. The molecule has 0 aliphatic carbocycles. The van der Waals surface area contributed by atoms with Crippen molar-refractivity contribution in [2.45, 2.75) is 13.1 Å². The van der Waals surface area contributed by atoms with Crippen LogP contribution < -0.4 is 15.3 Å². The van der Waals surface area contributed by atoms with E-state index in [1.165, 1.54) is 59.9 Å². The first-order valence-electron chi connectivity index (χ1n) is 15.6. The van der Waals surface area contributed by atoms with Gasteiger partial charge in [-0.25, -0.2) is 0 Å². The van der Waals surface area contributed by atoms with Crippen molar-refractivity contribution in [3.63, 3.8) is 0 Å². The fraction of sp³-hybridized carbons (Fsp3) is 0.0476. The Balaban J connectivity index is 1.15. The molecule has 0 unspecified atom stereocenters. The maximum atomic E-state index is 6.57. The van der Waals surface area contributed by atoms with Gasteiger partial charge >= 0.3 is 0 Å². The quantitative estimate of drug-likeness (QED) is 0.189. The molecule has 0 N–H and O–H groups in total. The highest BCUT2D eigenvalue weighted by Crippen LogP contribution is 2.40. The molecule has 0 fully saturated rings. The number of anilines is 3. The highest BCUT2D eigenvalue weighted by Gasteiger charge is 2.40. The van der Waals surface area contributed by atoms with E-state index < -0.39 is 8.07 Å². The van der Waals surface area contributed by atoms with Gasteiger partial charge < -0.3 is 9.32 Å². The highest BCUT2D eigenvalue weighted by atomic mass is 28.3. The first-order chi connectivity index (χ1) is 22.1. The minimum atomic E-state index is -2.08. The van der Waals surface area contributed by atoms with Crippen LogP contribution in [0.4, 0.5) is 17.1 Å². The summed E-state index contributed by atoms with van der Waals surface area (Å²) in [4.78, 5) is 2.38. The van der Waals surface area contributed by atoms with Gasteiger partial charge in [-0.1, -0.05) is 110 Å². The first-order valence-corrected chi connectivity index (χ1v) is 18.6. The van der Waals surface area contributed by atoms with Crippen molar-refractivity contribution in [2.24, 2.45) is 0 Å². The molecular weight excluding hydrogens is 563 g/mol. The standard InChI is InChI=1S/C42H31NOSi/c1-45(2)40-27-34(22-23-36(40)38-25-24-37-35-14-8-9-15-39(35)44-41(37)42(38)45)43(32-12-4-3-5-13-32)33-20-18-29(19-21-33)31-17-16-28-10-6-7-11-30(28)26-31/h3-27H,1-2H3. The summed E-state index contributed by atoms with van der Waals surface area (Å²) in [5.41, 5.74) is 10.6. The number of rotatable bonds is 4. The number of nitrogens with zero attached hydrogens (tertiary/aromatic N) is 1. The van der Waals surface area contributed by atoms with Gasteiger partial charge in [-0.05, 0) is 98.0 Å². The van der Waals surface area contributed by atoms with E-state index in [-0.39, 0.29) is 0 Å². The summed E-state index contributed by atoms with van der Waals surface area (Å²) in [6.45, 7) is 4.94. The fourth-order valence-corrected chi connectivity index (χ4v) is 10.7. The summed E-state index contributed by atoms with van der Waals surface area (Å²) in [5.74, 6) is 0. The Morgan fingerprint density at radius 1 is 0.489 bits per heavy atom. The minimum absolute atomic E-state index is 0.963. The topological polar surface area (TPSA) is 16.4 Å². The number of hydrogen-bond donors (Lipinski definition) is 0. The molecule has 1 aliphatic rings. The van der Waals surface area contributed by atoms with Gasteiger partial charge in [0, 0.05) is 27.8 Å². The van der Waals surface area contributed by atoms with Crippen molar-refractivity contribution in [1.29, 1.82) is 0 Å². The van der Waals surface area contributed by atoms with Gasteiger partial charge in [0.15, 0.2) is 0 Å². The highest BCUT2D eigenvalue weighted by molar-refractivity contribution is 7.05. The number of furan rings is 1. The van der Waals surface area contributed by atoms with Crippen molar-refractivity contribution in [1.82, 2.24) is 0 Å². The van der Waals surface area contributed by atoms with Crippen LogP contribution in [0.3, 0.4) is 0 Å². The Morgan fingerprint density at radius 2 is 1.16 bits per heavy atom. The molecule has 9 rings (SSSR count). The average Bonchev–Trinajstić information content (AvgIpc) is 3.57. The molecule has 2 nitrogen and oxygen atoms in total. The molecule has 3 heteroatoms. The predicted molar refractivity (Wildman–Crippen MR) is 194 cm³/mol. The molecule has 7 aromatic carbocycles. The lowest BCUT2D eigenvalue weighted by Crippen LogP contribution is -2.49. The Kier molecular flexibility index (Phi) is 5.68. The molecule has 0 bridgehead atoms. The third-order valence-electron chi connectivity index (χ3n) is 9.62. The first kappa shape index (κ1) is 26.1. The van der Waals surface area contributed by atoms with Gasteiger partial charge in [0.25, 0.3) is 0 Å².